The van der Waals surface area contributed by atoms with Gasteiger partial charge in [-0.25, -0.2) is 4.99 Å². The molecule has 1 fully saturated rings. The van der Waals surface area contributed by atoms with Crippen LogP contribution in [0.25, 0.3) is 6.08 Å². The fraction of sp³-hybridized carbons (Fsp3) is 0.360. The van der Waals surface area contributed by atoms with Crippen molar-refractivity contribution in [3.8, 4) is 5.75 Å². The smallest absolute Gasteiger partial charge is 0.387 e. The van der Waals surface area contributed by atoms with Crippen LogP contribution in [0, 0.1) is 0 Å². The van der Waals surface area contributed by atoms with Crippen molar-refractivity contribution < 1.29 is 23.0 Å². The van der Waals surface area contributed by atoms with E-state index in [9.17, 15) is 13.6 Å². The quantitative estimate of drug-likeness (QED) is 0.490. The second-order valence-electron chi connectivity index (χ2n) is 8.22. The Kier molecular flexibility index (Phi) is 7.84. The van der Waals surface area contributed by atoms with Crippen LogP contribution in [0.1, 0.15) is 24.8 Å². The summed E-state index contributed by atoms with van der Waals surface area (Å²) in [5, 5.41) is 0.540. The summed E-state index contributed by atoms with van der Waals surface area (Å²) in [5.74, 6) is 0.440. The molecule has 9 heteroatoms. The summed E-state index contributed by atoms with van der Waals surface area (Å²) in [4.78, 5) is 21.5. The molecule has 0 radical (unpaired) electrons. The summed E-state index contributed by atoms with van der Waals surface area (Å²) in [6.07, 6.45) is 5.05. The van der Waals surface area contributed by atoms with Crippen molar-refractivity contribution in [3.63, 3.8) is 0 Å². The highest BCUT2D eigenvalue weighted by molar-refractivity contribution is 8.14. The normalized spacial score (nSPS) is 19.6. The predicted molar refractivity (Wildman–Crippen MR) is 133 cm³/mol. The van der Waals surface area contributed by atoms with Gasteiger partial charge in [0.1, 0.15) is 11.4 Å². The number of aliphatic imine (C=N–C) groups is 1. The number of benzene rings is 2. The first-order valence-corrected chi connectivity index (χ1v) is 12.1. The highest BCUT2D eigenvalue weighted by atomic mass is 32.2. The van der Waals surface area contributed by atoms with Crippen LogP contribution in [0.4, 0.5) is 20.2 Å². The minimum absolute atomic E-state index is 0.0314. The Hall–Kier alpha value is -2.91. The standard InChI is InChI=1S/C25H27F2N3O3S/c1-29(2)18-8-6-17(7-9-18)15-22-23(31)30(19-10-12-20(13-11-19)33-24(26)27)25(28-22)34-16-21-5-3-4-14-32-21/h6-13,15,21,24H,3-5,14,16H2,1-2H3/b22-15-. The Labute approximate surface area is 202 Å². The van der Waals surface area contributed by atoms with Gasteiger partial charge in [0, 0.05) is 32.1 Å². The van der Waals surface area contributed by atoms with Gasteiger partial charge >= 0.3 is 6.61 Å². The number of carbonyl (C=O) groups is 1. The fourth-order valence-electron chi connectivity index (χ4n) is 3.73. The Morgan fingerprint density at radius 3 is 2.53 bits per heavy atom. The third-order valence-corrected chi connectivity index (χ3v) is 6.61. The highest BCUT2D eigenvalue weighted by Gasteiger charge is 2.32. The van der Waals surface area contributed by atoms with Gasteiger partial charge in [-0.3, -0.25) is 9.69 Å². The SMILES string of the molecule is CN(C)c1ccc(/C=C2\N=C(SCC3CCCCO3)N(c3ccc(OC(F)F)cc3)C2=O)cc1. The Morgan fingerprint density at radius 1 is 1.18 bits per heavy atom. The third kappa shape index (κ3) is 5.95. The van der Waals surface area contributed by atoms with Crippen LogP contribution >= 0.6 is 11.8 Å². The molecule has 0 aromatic heterocycles. The molecule has 0 spiro atoms. The van der Waals surface area contributed by atoms with Crippen LogP contribution in [-0.2, 0) is 9.53 Å². The van der Waals surface area contributed by atoms with E-state index in [2.05, 4.69) is 9.73 Å². The van der Waals surface area contributed by atoms with Crippen molar-refractivity contribution in [1.82, 2.24) is 0 Å². The Balaban J connectivity index is 1.58. The maximum atomic E-state index is 13.3. The van der Waals surface area contributed by atoms with E-state index in [0.29, 0.717) is 22.3 Å². The van der Waals surface area contributed by atoms with E-state index in [0.717, 1.165) is 37.1 Å². The first-order valence-electron chi connectivity index (χ1n) is 11.1. The first-order chi connectivity index (χ1) is 16.4. The predicted octanol–water partition coefficient (Wildman–Crippen LogP) is 5.40. The first kappa shape index (κ1) is 24.2. The number of rotatable bonds is 7. The number of alkyl halides is 2. The van der Waals surface area contributed by atoms with E-state index in [1.54, 1.807) is 18.2 Å². The minimum atomic E-state index is -2.91. The molecule has 1 saturated heterocycles. The number of anilines is 2. The van der Waals surface area contributed by atoms with E-state index in [1.165, 1.54) is 28.8 Å². The van der Waals surface area contributed by atoms with Crippen molar-refractivity contribution >= 4 is 40.3 Å². The molecule has 6 nitrogen and oxygen atoms in total. The van der Waals surface area contributed by atoms with Crippen LogP contribution < -0.4 is 14.5 Å². The molecule has 2 aromatic carbocycles. The molecule has 34 heavy (non-hydrogen) atoms. The van der Waals surface area contributed by atoms with E-state index in [4.69, 9.17) is 4.74 Å². The Morgan fingerprint density at radius 2 is 1.91 bits per heavy atom. The maximum Gasteiger partial charge on any atom is 0.387 e. The lowest BCUT2D eigenvalue weighted by Gasteiger charge is -2.23. The van der Waals surface area contributed by atoms with Gasteiger partial charge < -0.3 is 14.4 Å². The lowest BCUT2D eigenvalue weighted by molar-refractivity contribution is -0.113. The molecule has 0 N–H and O–H groups in total. The van der Waals surface area contributed by atoms with Crippen LogP contribution in [0.15, 0.2) is 59.2 Å². The molecule has 4 rings (SSSR count). The summed E-state index contributed by atoms with van der Waals surface area (Å²) in [6.45, 7) is -2.16. The second kappa shape index (κ2) is 11.0. The van der Waals surface area contributed by atoms with E-state index < -0.39 is 6.61 Å². The molecule has 2 heterocycles. The van der Waals surface area contributed by atoms with E-state index >= 15 is 0 Å². The van der Waals surface area contributed by atoms with Gasteiger partial charge in [0.05, 0.1) is 11.8 Å². The van der Waals surface area contributed by atoms with Crippen molar-refractivity contribution in [2.45, 2.75) is 32.0 Å². The van der Waals surface area contributed by atoms with Gasteiger partial charge in [-0.1, -0.05) is 23.9 Å². The van der Waals surface area contributed by atoms with E-state index in [1.807, 2.05) is 43.3 Å². The Bertz CT molecular complexity index is 1050. The van der Waals surface area contributed by atoms with Gasteiger partial charge in [-0.15, -0.1) is 0 Å². The highest BCUT2D eigenvalue weighted by Crippen LogP contribution is 2.32. The number of thioether (sulfide) groups is 1. The van der Waals surface area contributed by atoms with Crippen molar-refractivity contribution in [2.75, 3.05) is 36.3 Å². The lowest BCUT2D eigenvalue weighted by Crippen LogP contribution is -2.31. The molecule has 1 atom stereocenters. The summed E-state index contributed by atoms with van der Waals surface area (Å²) >= 11 is 1.46. The average molecular weight is 488 g/mol. The van der Waals surface area contributed by atoms with Gasteiger partial charge in [-0.05, 0) is 67.3 Å². The molecule has 180 valence electrons. The van der Waals surface area contributed by atoms with Gasteiger partial charge in [0.2, 0.25) is 0 Å². The topological polar surface area (TPSA) is 54.4 Å². The fourth-order valence-corrected chi connectivity index (χ4v) is 4.81. The number of ether oxygens (including phenoxy) is 2. The molecule has 0 bridgehead atoms. The second-order valence-corrected chi connectivity index (χ2v) is 9.21. The summed E-state index contributed by atoms with van der Waals surface area (Å²) < 4.78 is 35.3. The van der Waals surface area contributed by atoms with Crippen molar-refractivity contribution in [2.24, 2.45) is 4.99 Å². The lowest BCUT2D eigenvalue weighted by atomic mass is 10.1. The average Bonchev–Trinajstić information content (AvgIpc) is 3.13. The summed E-state index contributed by atoms with van der Waals surface area (Å²) in [6, 6.07) is 13.8. The molecule has 1 amide bonds. The molecular weight excluding hydrogens is 460 g/mol. The molecule has 2 aliphatic rings. The monoisotopic (exact) mass is 487 g/mol. The van der Waals surface area contributed by atoms with E-state index in [-0.39, 0.29) is 17.8 Å². The van der Waals surface area contributed by atoms with Crippen LogP contribution in [-0.4, -0.2) is 50.2 Å². The number of amidine groups is 1. The summed E-state index contributed by atoms with van der Waals surface area (Å²) in [7, 11) is 3.93. The molecule has 2 aliphatic heterocycles. The molecule has 1 unspecified atom stereocenters. The molecule has 2 aromatic rings. The minimum Gasteiger partial charge on any atom is -0.435 e. The number of halogens is 2. The largest absolute Gasteiger partial charge is 0.435 e. The zero-order valence-electron chi connectivity index (χ0n) is 19.1. The van der Waals surface area contributed by atoms with Gasteiger partial charge in [0.25, 0.3) is 5.91 Å². The van der Waals surface area contributed by atoms with Crippen molar-refractivity contribution in [1.29, 1.82) is 0 Å². The third-order valence-electron chi connectivity index (χ3n) is 5.53. The van der Waals surface area contributed by atoms with Crippen molar-refractivity contribution in [3.05, 3.63) is 59.8 Å². The van der Waals surface area contributed by atoms with Gasteiger partial charge in [-0.2, -0.15) is 8.78 Å². The molecule has 0 aliphatic carbocycles. The van der Waals surface area contributed by atoms with Crippen LogP contribution in [0.3, 0.4) is 0 Å². The summed E-state index contributed by atoms with van der Waals surface area (Å²) in [5.41, 5.74) is 2.77. The maximum absolute atomic E-state index is 13.3. The number of nitrogens with zero attached hydrogens (tertiary/aromatic N) is 3. The van der Waals surface area contributed by atoms with Gasteiger partial charge in [0.15, 0.2) is 5.17 Å². The molecular formula is C25H27F2N3O3S. The number of hydrogen-bond acceptors (Lipinski definition) is 6. The zero-order valence-corrected chi connectivity index (χ0v) is 19.9. The number of hydrogen-bond donors (Lipinski definition) is 0. The molecule has 0 saturated carbocycles. The number of carbonyl (C=O) groups excluding carboxylic acids is 1. The number of amides is 1. The van der Waals surface area contributed by atoms with Crippen LogP contribution in [0.5, 0.6) is 5.75 Å². The zero-order chi connectivity index (χ0) is 24.1. The van der Waals surface area contributed by atoms with Crippen LogP contribution in [0.2, 0.25) is 0 Å².